The number of nitriles is 1. The molecule has 0 spiro atoms. The lowest BCUT2D eigenvalue weighted by Gasteiger charge is -2.20. The topological polar surface area (TPSA) is 82.4 Å². The van der Waals surface area contributed by atoms with Gasteiger partial charge >= 0.3 is 0 Å². The van der Waals surface area contributed by atoms with Gasteiger partial charge in [0.05, 0.1) is 18.0 Å². The first-order valence-corrected chi connectivity index (χ1v) is 10.5. The van der Waals surface area contributed by atoms with Crippen molar-refractivity contribution in [2.24, 2.45) is 0 Å². The van der Waals surface area contributed by atoms with Crippen molar-refractivity contribution in [2.45, 2.75) is 32.4 Å². The van der Waals surface area contributed by atoms with Gasteiger partial charge in [-0.2, -0.15) is 5.26 Å². The monoisotopic (exact) mass is 421 g/mol. The lowest BCUT2D eigenvalue weighted by Crippen LogP contribution is -2.30. The van der Waals surface area contributed by atoms with Crippen LogP contribution in [-0.4, -0.2) is 24.2 Å². The first-order chi connectivity index (χ1) is 14.4. The van der Waals surface area contributed by atoms with Crippen LogP contribution in [0.1, 0.15) is 24.5 Å². The van der Waals surface area contributed by atoms with Crippen molar-refractivity contribution in [1.29, 1.82) is 5.26 Å². The van der Waals surface area contributed by atoms with E-state index in [-0.39, 0.29) is 16.7 Å². The largest absolute Gasteiger partial charge is 0.495 e. The Morgan fingerprint density at radius 3 is 2.60 bits per heavy atom. The fourth-order valence-electron chi connectivity index (χ4n) is 3.15. The number of hydrogen-bond donors (Lipinski definition) is 1. The van der Waals surface area contributed by atoms with Crippen LogP contribution in [0.5, 0.6) is 5.75 Å². The van der Waals surface area contributed by atoms with Crippen LogP contribution in [0.15, 0.2) is 53.1 Å². The van der Waals surface area contributed by atoms with Crippen molar-refractivity contribution >= 4 is 35.0 Å². The number of carbonyl (C=O) groups is 2. The third-order valence-corrected chi connectivity index (χ3v) is 6.41. The van der Waals surface area contributed by atoms with E-state index in [1.165, 1.54) is 23.8 Å². The van der Waals surface area contributed by atoms with E-state index in [1.54, 1.807) is 24.3 Å². The zero-order chi connectivity index (χ0) is 21.8. The Morgan fingerprint density at radius 2 is 1.97 bits per heavy atom. The third-order valence-electron chi connectivity index (χ3n) is 4.98. The summed E-state index contributed by atoms with van der Waals surface area (Å²) in [4.78, 5) is 27.5. The number of carbonyl (C=O) groups excluding carboxylic acids is 2. The zero-order valence-electron chi connectivity index (χ0n) is 17.4. The van der Waals surface area contributed by atoms with Crippen LogP contribution < -0.4 is 15.0 Å². The van der Waals surface area contributed by atoms with Gasteiger partial charge in [-0.1, -0.05) is 36.9 Å². The molecule has 0 saturated carbocycles. The van der Waals surface area contributed by atoms with Gasteiger partial charge in [0.25, 0.3) is 5.91 Å². The lowest BCUT2D eigenvalue weighted by molar-refractivity contribution is -0.117. The van der Waals surface area contributed by atoms with E-state index >= 15 is 0 Å². The van der Waals surface area contributed by atoms with Gasteiger partial charge in [0, 0.05) is 5.69 Å². The van der Waals surface area contributed by atoms with Gasteiger partial charge in [-0.15, -0.1) is 0 Å². The second-order valence-corrected chi connectivity index (χ2v) is 8.09. The van der Waals surface area contributed by atoms with E-state index in [1.807, 2.05) is 45.0 Å². The normalized spacial score (nSPS) is 17.5. The number of amides is 2. The fraction of sp³-hybridized carbons (Fsp3) is 0.261. The van der Waals surface area contributed by atoms with Gasteiger partial charge in [0.15, 0.2) is 0 Å². The molecule has 6 nitrogen and oxygen atoms in total. The predicted octanol–water partition coefficient (Wildman–Crippen LogP) is 4.54. The maximum Gasteiger partial charge on any atom is 0.269 e. The summed E-state index contributed by atoms with van der Waals surface area (Å²) in [7, 11) is 1.51. The minimum atomic E-state index is -0.581. The second kappa shape index (κ2) is 9.06. The van der Waals surface area contributed by atoms with Crippen molar-refractivity contribution in [3.05, 3.63) is 64.2 Å². The van der Waals surface area contributed by atoms with Crippen LogP contribution in [-0.2, 0) is 9.59 Å². The molecule has 0 bridgehead atoms. The summed E-state index contributed by atoms with van der Waals surface area (Å²) < 4.78 is 5.27. The highest BCUT2D eigenvalue weighted by atomic mass is 32.2. The molecule has 0 aromatic heterocycles. The van der Waals surface area contributed by atoms with Crippen molar-refractivity contribution < 1.29 is 14.3 Å². The third kappa shape index (κ3) is 4.05. The summed E-state index contributed by atoms with van der Waals surface area (Å²) in [6.07, 6.45) is 0.598. The molecule has 0 radical (unpaired) electrons. The highest BCUT2D eigenvalue weighted by molar-refractivity contribution is 8.05. The van der Waals surface area contributed by atoms with Gasteiger partial charge in [-0.25, -0.2) is 0 Å². The Kier molecular flexibility index (Phi) is 6.48. The summed E-state index contributed by atoms with van der Waals surface area (Å²) >= 11 is 1.25. The molecule has 2 amide bonds. The van der Waals surface area contributed by atoms with E-state index in [4.69, 9.17) is 4.74 Å². The van der Waals surface area contributed by atoms with Crippen LogP contribution in [0.25, 0.3) is 0 Å². The summed E-state index contributed by atoms with van der Waals surface area (Å²) in [5.74, 6) is -0.220. The molecule has 30 heavy (non-hydrogen) atoms. The van der Waals surface area contributed by atoms with Crippen molar-refractivity contribution in [3.8, 4) is 11.8 Å². The molecule has 1 heterocycles. The van der Waals surface area contributed by atoms with Crippen molar-refractivity contribution in [1.82, 2.24) is 0 Å². The number of thioether (sulfide) groups is 1. The quantitative estimate of drug-likeness (QED) is 0.566. The Labute approximate surface area is 180 Å². The minimum absolute atomic E-state index is 0.103. The van der Waals surface area contributed by atoms with Crippen molar-refractivity contribution in [2.75, 3.05) is 17.3 Å². The Bertz CT molecular complexity index is 1070. The molecule has 154 valence electrons. The molecule has 1 saturated heterocycles. The smallest absolute Gasteiger partial charge is 0.269 e. The van der Waals surface area contributed by atoms with Crippen LogP contribution in [0.2, 0.25) is 0 Å². The van der Waals surface area contributed by atoms with Crippen LogP contribution in [0.4, 0.5) is 11.4 Å². The summed E-state index contributed by atoms with van der Waals surface area (Å²) in [6, 6.07) is 14.6. The van der Waals surface area contributed by atoms with E-state index in [0.29, 0.717) is 28.6 Å². The molecule has 1 unspecified atom stereocenters. The Morgan fingerprint density at radius 1 is 1.23 bits per heavy atom. The highest BCUT2D eigenvalue weighted by Crippen LogP contribution is 2.42. The highest BCUT2D eigenvalue weighted by Gasteiger charge is 2.40. The fourth-order valence-corrected chi connectivity index (χ4v) is 4.35. The van der Waals surface area contributed by atoms with E-state index in [9.17, 15) is 14.9 Å². The lowest BCUT2D eigenvalue weighted by atomic mass is 10.1. The second-order valence-electron chi connectivity index (χ2n) is 6.90. The summed E-state index contributed by atoms with van der Waals surface area (Å²) in [5.41, 5.74) is 3.14. The van der Waals surface area contributed by atoms with Gasteiger partial charge in [0.1, 0.15) is 22.4 Å². The predicted molar refractivity (Wildman–Crippen MR) is 119 cm³/mol. The molecule has 1 aliphatic rings. The molecule has 2 aromatic carbocycles. The standard InChI is InChI=1S/C23H23N3O3S/c1-5-20-22(28)26(16-11-10-14(2)15(3)12-16)23(30-20)17(13-24)21(27)25-18-8-6-7-9-19(18)29-4/h6-12,20H,5H2,1-4H3,(H,25,27)/b23-17-. The number of ether oxygens (including phenoxy) is 1. The molecule has 7 heteroatoms. The average molecular weight is 422 g/mol. The molecular formula is C23H23N3O3S. The van der Waals surface area contributed by atoms with Gasteiger partial charge in [0.2, 0.25) is 5.91 Å². The molecule has 1 atom stereocenters. The average Bonchev–Trinajstić information content (AvgIpc) is 3.07. The molecule has 3 rings (SSSR count). The van der Waals surface area contributed by atoms with Gasteiger partial charge in [-0.05, 0) is 55.7 Å². The molecule has 1 N–H and O–H groups in total. The number of nitrogens with zero attached hydrogens (tertiary/aromatic N) is 2. The maximum atomic E-state index is 13.1. The minimum Gasteiger partial charge on any atom is -0.495 e. The molecule has 2 aromatic rings. The number of nitrogens with one attached hydrogen (secondary N) is 1. The van der Waals surface area contributed by atoms with Gasteiger partial charge in [-0.3, -0.25) is 14.5 Å². The number of aryl methyl sites for hydroxylation is 2. The van der Waals surface area contributed by atoms with Crippen molar-refractivity contribution in [3.63, 3.8) is 0 Å². The van der Waals surface area contributed by atoms with E-state index < -0.39 is 5.91 Å². The summed E-state index contributed by atoms with van der Waals surface area (Å²) in [6.45, 7) is 5.87. The Hall–Kier alpha value is -3.24. The number of rotatable bonds is 5. The van der Waals surface area contributed by atoms with Crippen LogP contribution >= 0.6 is 11.8 Å². The number of para-hydroxylation sites is 2. The Balaban J connectivity index is 2.06. The van der Waals surface area contributed by atoms with Crippen LogP contribution in [0, 0.1) is 25.2 Å². The molecule has 1 fully saturated rings. The van der Waals surface area contributed by atoms with Gasteiger partial charge < -0.3 is 10.1 Å². The first-order valence-electron chi connectivity index (χ1n) is 9.57. The number of hydrogen-bond acceptors (Lipinski definition) is 5. The van der Waals surface area contributed by atoms with E-state index in [2.05, 4.69) is 5.32 Å². The first kappa shape index (κ1) is 21.5. The molecular weight excluding hydrogens is 398 g/mol. The molecule has 0 aliphatic carbocycles. The SMILES string of the molecule is CCC1S/C(=C(/C#N)C(=O)Nc2ccccc2OC)N(c2ccc(C)c(C)c2)C1=O. The number of methoxy groups -OCH3 is 1. The maximum absolute atomic E-state index is 13.1. The van der Waals surface area contributed by atoms with Crippen LogP contribution in [0.3, 0.4) is 0 Å². The van der Waals surface area contributed by atoms with E-state index in [0.717, 1.165) is 11.1 Å². The number of benzene rings is 2. The summed E-state index contributed by atoms with van der Waals surface area (Å²) in [5, 5.41) is 12.6. The molecule has 1 aliphatic heterocycles. The zero-order valence-corrected chi connectivity index (χ0v) is 18.2. The number of anilines is 2.